The molecule has 0 fully saturated rings. The molecule has 3 rings (SSSR count). The fourth-order valence-corrected chi connectivity index (χ4v) is 3.99. The molecule has 6 nitrogen and oxygen atoms in total. The van der Waals surface area contributed by atoms with Gasteiger partial charge in [0, 0.05) is 30.2 Å². The number of carbonyl (C=O) groups excluding carboxylic acids is 2. The van der Waals surface area contributed by atoms with E-state index < -0.39 is 12.0 Å². The molecule has 1 amide bonds. The number of nitrogens with zero attached hydrogens (tertiary/aromatic N) is 1. The molecule has 0 saturated heterocycles. The largest absolute Gasteiger partial charge is 0.467 e. The van der Waals surface area contributed by atoms with Crippen LogP contribution in [-0.4, -0.2) is 42.0 Å². The van der Waals surface area contributed by atoms with Gasteiger partial charge in [-0.2, -0.15) is 11.8 Å². The Kier molecular flexibility index (Phi) is 8.89. The van der Waals surface area contributed by atoms with E-state index in [1.165, 1.54) is 7.11 Å². The van der Waals surface area contributed by atoms with Crippen molar-refractivity contribution in [2.45, 2.75) is 25.9 Å². The van der Waals surface area contributed by atoms with Crippen molar-refractivity contribution in [1.29, 1.82) is 0 Å². The summed E-state index contributed by atoms with van der Waals surface area (Å²) in [4.78, 5) is 29.6. The Hall–Kier alpha value is -3.32. The number of anilines is 1. The van der Waals surface area contributed by atoms with E-state index in [1.807, 2.05) is 67.9 Å². The van der Waals surface area contributed by atoms with Gasteiger partial charge in [0.15, 0.2) is 0 Å². The monoisotopic (exact) mass is 463 g/mol. The predicted molar refractivity (Wildman–Crippen MR) is 134 cm³/mol. The summed E-state index contributed by atoms with van der Waals surface area (Å²) in [6.07, 6.45) is 6.03. The minimum Gasteiger partial charge on any atom is -0.467 e. The Bertz CT molecular complexity index is 1090. The number of ether oxygens (including phenoxy) is 1. The molecule has 2 N–H and O–H groups in total. The van der Waals surface area contributed by atoms with E-state index in [4.69, 9.17) is 4.74 Å². The molecule has 0 aliphatic heterocycles. The van der Waals surface area contributed by atoms with Gasteiger partial charge in [-0.05, 0) is 71.9 Å². The molecule has 3 aromatic rings. The molecule has 0 aliphatic carbocycles. The van der Waals surface area contributed by atoms with Gasteiger partial charge < -0.3 is 15.4 Å². The topological polar surface area (TPSA) is 80.3 Å². The molecule has 1 aromatic heterocycles. The molecule has 0 aliphatic rings. The van der Waals surface area contributed by atoms with Gasteiger partial charge in [0.1, 0.15) is 6.04 Å². The summed E-state index contributed by atoms with van der Waals surface area (Å²) in [5, 5.41) is 6.27. The Balaban J connectivity index is 1.91. The molecule has 0 unspecified atom stereocenters. The van der Waals surface area contributed by atoms with Crippen LogP contribution in [0.4, 0.5) is 5.69 Å². The van der Waals surface area contributed by atoms with Gasteiger partial charge >= 0.3 is 5.97 Å². The van der Waals surface area contributed by atoms with E-state index in [0.29, 0.717) is 18.5 Å². The summed E-state index contributed by atoms with van der Waals surface area (Å²) < 4.78 is 4.90. The second-order valence-electron chi connectivity index (χ2n) is 7.62. The van der Waals surface area contributed by atoms with Crippen molar-refractivity contribution in [3.05, 3.63) is 83.7 Å². The quantitative estimate of drug-likeness (QED) is 0.425. The number of methoxy groups -OCH3 is 1. The molecule has 0 radical (unpaired) electrons. The molecule has 1 heterocycles. The Labute approximate surface area is 199 Å². The second kappa shape index (κ2) is 12.1. The van der Waals surface area contributed by atoms with Crippen LogP contribution in [0.25, 0.3) is 11.1 Å². The van der Waals surface area contributed by atoms with Gasteiger partial charge in [-0.15, -0.1) is 0 Å². The van der Waals surface area contributed by atoms with Crippen LogP contribution in [0.15, 0.2) is 67.0 Å². The number of nitrogens with one attached hydrogen (secondary N) is 2. The van der Waals surface area contributed by atoms with Crippen LogP contribution in [0.3, 0.4) is 0 Å². The summed E-state index contributed by atoms with van der Waals surface area (Å²) in [5.74, 6) is -0.00445. The van der Waals surface area contributed by atoms with Crippen LogP contribution >= 0.6 is 11.8 Å². The molecule has 2 aromatic carbocycles. The SMILES string of the molecule is COC(=O)[C@H](CCSC)NC(=O)c1ccc(NCc2cccnc2)cc1-c1ccccc1C. The van der Waals surface area contributed by atoms with Gasteiger partial charge in [-0.25, -0.2) is 4.79 Å². The van der Waals surface area contributed by atoms with Crippen LogP contribution < -0.4 is 10.6 Å². The number of pyridine rings is 1. The summed E-state index contributed by atoms with van der Waals surface area (Å²) in [6.45, 7) is 2.63. The molecule has 0 bridgehead atoms. The van der Waals surface area contributed by atoms with Gasteiger partial charge in [0.25, 0.3) is 5.91 Å². The molecular formula is C26H29N3O3S. The Morgan fingerprint density at radius 3 is 2.61 bits per heavy atom. The first-order valence-corrected chi connectivity index (χ1v) is 12.1. The third-order valence-electron chi connectivity index (χ3n) is 5.32. The zero-order valence-electron chi connectivity index (χ0n) is 19.1. The maximum absolute atomic E-state index is 13.3. The molecular weight excluding hydrogens is 434 g/mol. The number of aryl methyl sites for hydroxylation is 1. The summed E-state index contributed by atoms with van der Waals surface area (Å²) in [7, 11) is 1.34. The summed E-state index contributed by atoms with van der Waals surface area (Å²) >= 11 is 1.62. The summed E-state index contributed by atoms with van der Waals surface area (Å²) in [6, 6.07) is 16.8. The van der Waals surface area contributed by atoms with Crippen LogP contribution in [0.1, 0.15) is 27.9 Å². The van der Waals surface area contributed by atoms with E-state index in [1.54, 1.807) is 24.0 Å². The Morgan fingerprint density at radius 2 is 1.91 bits per heavy atom. The van der Waals surface area contributed by atoms with Gasteiger partial charge in [-0.3, -0.25) is 9.78 Å². The van der Waals surface area contributed by atoms with Crippen LogP contribution in [-0.2, 0) is 16.1 Å². The minimum absolute atomic E-state index is 0.302. The third-order valence-corrected chi connectivity index (χ3v) is 5.96. The molecule has 1 atom stereocenters. The minimum atomic E-state index is -0.692. The predicted octanol–water partition coefficient (Wildman–Crippen LogP) is 4.69. The van der Waals surface area contributed by atoms with Crippen molar-refractivity contribution < 1.29 is 14.3 Å². The number of amides is 1. The first kappa shape index (κ1) is 24.3. The average molecular weight is 464 g/mol. The number of carbonyl (C=O) groups is 2. The first-order chi connectivity index (χ1) is 16.0. The lowest BCUT2D eigenvalue weighted by Crippen LogP contribution is -2.42. The molecule has 0 saturated carbocycles. The van der Waals surface area contributed by atoms with Gasteiger partial charge in [-0.1, -0.05) is 30.3 Å². The highest BCUT2D eigenvalue weighted by molar-refractivity contribution is 7.98. The number of benzene rings is 2. The highest BCUT2D eigenvalue weighted by atomic mass is 32.2. The van der Waals surface area contributed by atoms with Crippen molar-refractivity contribution in [2.75, 3.05) is 24.4 Å². The zero-order valence-corrected chi connectivity index (χ0v) is 19.9. The summed E-state index contributed by atoms with van der Waals surface area (Å²) in [5.41, 5.74) is 5.28. The number of thioether (sulfide) groups is 1. The molecule has 7 heteroatoms. The van der Waals surface area contributed by atoms with Crippen molar-refractivity contribution in [2.24, 2.45) is 0 Å². The lowest BCUT2D eigenvalue weighted by Gasteiger charge is -2.19. The zero-order chi connectivity index (χ0) is 23.6. The molecule has 172 valence electrons. The number of rotatable bonds is 10. The van der Waals surface area contributed by atoms with E-state index in [0.717, 1.165) is 33.7 Å². The van der Waals surface area contributed by atoms with E-state index in [-0.39, 0.29) is 5.91 Å². The van der Waals surface area contributed by atoms with Crippen LogP contribution in [0, 0.1) is 6.92 Å². The normalized spacial score (nSPS) is 11.5. The lowest BCUT2D eigenvalue weighted by atomic mass is 9.94. The van der Waals surface area contributed by atoms with Crippen molar-refractivity contribution >= 4 is 29.3 Å². The van der Waals surface area contributed by atoms with Crippen LogP contribution in [0.5, 0.6) is 0 Å². The number of aromatic nitrogens is 1. The number of hydrogen-bond acceptors (Lipinski definition) is 6. The smallest absolute Gasteiger partial charge is 0.328 e. The lowest BCUT2D eigenvalue weighted by molar-refractivity contribution is -0.142. The Morgan fingerprint density at radius 1 is 1.09 bits per heavy atom. The number of esters is 1. The maximum atomic E-state index is 13.3. The molecule has 0 spiro atoms. The standard InChI is InChI=1S/C26H29N3O3S/c1-18-7-4-5-9-21(18)23-15-20(28-17-19-8-6-13-27-16-19)10-11-22(23)25(30)29-24(12-14-33-3)26(31)32-2/h4-11,13,15-16,24,28H,12,14,17H2,1-3H3,(H,29,30)/t24-/m0/s1. The van der Waals surface area contributed by atoms with Crippen molar-refractivity contribution in [1.82, 2.24) is 10.3 Å². The first-order valence-electron chi connectivity index (χ1n) is 10.7. The number of hydrogen-bond donors (Lipinski definition) is 2. The van der Waals surface area contributed by atoms with Gasteiger partial charge in [0.05, 0.1) is 7.11 Å². The maximum Gasteiger partial charge on any atom is 0.328 e. The highest BCUT2D eigenvalue weighted by Crippen LogP contribution is 2.30. The third kappa shape index (κ3) is 6.58. The average Bonchev–Trinajstić information content (AvgIpc) is 2.85. The van der Waals surface area contributed by atoms with E-state index in [9.17, 15) is 9.59 Å². The fraction of sp³-hybridized carbons (Fsp3) is 0.269. The second-order valence-corrected chi connectivity index (χ2v) is 8.61. The fourth-order valence-electron chi connectivity index (χ4n) is 3.52. The molecule has 33 heavy (non-hydrogen) atoms. The van der Waals surface area contributed by atoms with Crippen molar-refractivity contribution in [3.8, 4) is 11.1 Å². The van der Waals surface area contributed by atoms with Crippen LogP contribution in [0.2, 0.25) is 0 Å². The highest BCUT2D eigenvalue weighted by Gasteiger charge is 2.23. The van der Waals surface area contributed by atoms with Crippen molar-refractivity contribution in [3.63, 3.8) is 0 Å². The van der Waals surface area contributed by atoms with E-state index in [2.05, 4.69) is 15.6 Å². The van der Waals surface area contributed by atoms with Gasteiger partial charge in [0.2, 0.25) is 0 Å². The van der Waals surface area contributed by atoms with E-state index >= 15 is 0 Å².